The van der Waals surface area contributed by atoms with Crippen LogP contribution in [0.2, 0.25) is 0 Å². The molecule has 22 heavy (non-hydrogen) atoms. The van der Waals surface area contributed by atoms with Gasteiger partial charge in [0.1, 0.15) is 5.75 Å². The van der Waals surface area contributed by atoms with Crippen molar-refractivity contribution in [3.63, 3.8) is 0 Å². The molecule has 0 saturated carbocycles. The van der Waals surface area contributed by atoms with Crippen LogP contribution in [0.15, 0.2) is 41.1 Å². The quantitative estimate of drug-likeness (QED) is 0.827. The third-order valence-electron chi connectivity index (χ3n) is 3.27. The van der Waals surface area contributed by atoms with Crippen molar-refractivity contribution < 1.29 is 9.53 Å². The Morgan fingerprint density at radius 2 is 2.05 bits per heavy atom. The van der Waals surface area contributed by atoms with Crippen LogP contribution >= 0.6 is 15.9 Å². The van der Waals surface area contributed by atoms with Gasteiger partial charge in [-0.1, -0.05) is 12.1 Å². The van der Waals surface area contributed by atoms with E-state index >= 15 is 0 Å². The van der Waals surface area contributed by atoms with Crippen molar-refractivity contribution in [3.05, 3.63) is 41.1 Å². The monoisotopic (exact) mass is 362 g/mol. The number of ether oxygens (including phenoxy) is 1. The number of hydrogen-bond donors (Lipinski definition) is 1. The van der Waals surface area contributed by atoms with Crippen molar-refractivity contribution in [2.45, 2.75) is 6.42 Å². The standard InChI is InChI=1S/C15H15BrN4O2/c16-11-8-18-15(19-9-11)17-6-3-7-20-12-4-1-2-5-13(12)22-10-14(20)21/h1-2,4-5,8-9H,3,6-7,10H2,(H,17,18,19). The highest BCUT2D eigenvalue weighted by atomic mass is 79.9. The number of anilines is 2. The number of halogens is 1. The van der Waals surface area contributed by atoms with Gasteiger partial charge in [0.15, 0.2) is 6.61 Å². The van der Waals surface area contributed by atoms with Gasteiger partial charge in [-0.2, -0.15) is 0 Å². The van der Waals surface area contributed by atoms with Crippen molar-refractivity contribution in [2.75, 3.05) is 29.9 Å². The Morgan fingerprint density at radius 1 is 1.27 bits per heavy atom. The highest BCUT2D eigenvalue weighted by Crippen LogP contribution is 2.31. The molecular formula is C15H15BrN4O2. The van der Waals surface area contributed by atoms with E-state index in [9.17, 15) is 4.79 Å². The van der Waals surface area contributed by atoms with Crippen LogP contribution in [0.3, 0.4) is 0 Å². The zero-order chi connectivity index (χ0) is 15.4. The number of aromatic nitrogens is 2. The van der Waals surface area contributed by atoms with E-state index in [1.165, 1.54) is 0 Å². The van der Waals surface area contributed by atoms with Gasteiger partial charge in [0, 0.05) is 25.5 Å². The second-order valence-electron chi connectivity index (χ2n) is 4.81. The molecule has 1 aliphatic rings. The molecule has 0 fully saturated rings. The molecule has 0 radical (unpaired) electrons. The number of para-hydroxylation sites is 2. The summed E-state index contributed by atoms with van der Waals surface area (Å²) in [6, 6.07) is 7.58. The third kappa shape index (κ3) is 3.36. The van der Waals surface area contributed by atoms with Gasteiger partial charge in [-0.05, 0) is 34.5 Å². The number of rotatable bonds is 5. The van der Waals surface area contributed by atoms with Gasteiger partial charge in [-0.25, -0.2) is 9.97 Å². The van der Waals surface area contributed by atoms with Crippen LogP contribution in [0.25, 0.3) is 0 Å². The summed E-state index contributed by atoms with van der Waals surface area (Å²) in [7, 11) is 0. The lowest BCUT2D eigenvalue weighted by Gasteiger charge is -2.29. The van der Waals surface area contributed by atoms with Crippen LogP contribution in [-0.4, -0.2) is 35.6 Å². The first kappa shape index (κ1) is 14.8. The second kappa shape index (κ2) is 6.74. The Labute approximate surface area is 136 Å². The van der Waals surface area contributed by atoms with Gasteiger partial charge in [-0.15, -0.1) is 0 Å². The van der Waals surface area contributed by atoms with Crippen molar-refractivity contribution in [1.29, 1.82) is 0 Å². The molecule has 0 spiro atoms. The SMILES string of the molecule is O=C1COc2ccccc2N1CCCNc1ncc(Br)cn1. The van der Waals surface area contributed by atoms with E-state index in [1.807, 2.05) is 24.3 Å². The number of hydrogen-bond acceptors (Lipinski definition) is 5. The Kier molecular flexibility index (Phi) is 4.53. The number of benzene rings is 1. The first-order chi connectivity index (χ1) is 10.7. The van der Waals surface area contributed by atoms with Gasteiger partial charge in [0.25, 0.3) is 5.91 Å². The molecule has 0 atom stereocenters. The molecule has 0 unspecified atom stereocenters. The lowest BCUT2D eigenvalue weighted by Crippen LogP contribution is -2.39. The van der Waals surface area contributed by atoms with Crippen molar-refractivity contribution in [3.8, 4) is 5.75 Å². The fraction of sp³-hybridized carbons (Fsp3) is 0.267. The molecule has 2 heterocycles. The summed E-state index contributed by atoms with van der Waals surface area (Å²) < 4.78 is 6.26. The van der Waals surface area contributed by atoms with E-state index in [0.29, 0.717) is 19.0 Å². The molecule has 2 aromatic rings. The van der Waals surface area contributed by atoms with Gasteiger partial charge >= 0.3 is 0 Å². The number of carbonyl (C=O) groups excluding carboxylic acids is 1. The number of nitrogens with zero attached hydrogens (tertiary/aromatic N) is 3. The Hall–Kier alpha value is -2.15. The van der Waals surface area contributed by atoms with Crippen molar-refractivity contribution >= 4 is 33.5 Å². The van der Waals surface area contributed by atoms with Gasteiger partial charge < -0.3 is 15.0 Å². The first-order valence-electron chi connectivity index (χ1n) is 6.97. The molecule has 1 N–H and O–H groups in total. The van der Waals surface area contributed by atoms with Gasteiger partial charge in [0.2, 0.25) is 5.95 Å². The molecule has 0 aliphatic carbocycles. The van der Waals surface area contributed by atoms with Crippen LogP contribution in [0.5, 0.6) is 5.75 Å². The average molecular weight is 363 g/mol. The fourth-order valence-corrected chi connectivity index (χ4v) is 2.44. The third-order valence-corrected chi connectivity index (χ3v) is 3.68. The van der Waals surface area contributed by atoms with Crippen LogP contribution in [-0.2, 0) is 4.79 Å². The Bertz CT molecular complexity index is 663. The minimum atomic E-state index is -0.0152. The first-order valence-corrected chi connectivity index (χ1v) is 7.77. The minimum Gasteiger partial charge on any atom is -0.482 e. The summed E-state index contributed by atoms with van der Waals surface area (Å²) in [6.45, 7) is 1.41. The van der Waals surface area contributed by atoms with E-state index in [2.05, 4.69) is 31.2 Å². The smallest absolute Gasteiger partial charge is 0.265 e. The average Bonchev–Trinajstić information content (AvgIpc) is 2.55. The normalized spacial score (nSPS) is 13.5. The van der Waals surface area contributed by atoms with Crippen molar-refractivity contribution in [1.82, 2.24) is 9.97 Å². The van der Waals surface area contributed by atoms with E-state index in [1.54, 1.807) is 17.3 Å². The Balaban J connectivity index is 1.55. The fourth-order valence-electron chi connectivity index (χ4n) is 2.24. The molecule has 7 heteroatoms. The molecule has 0 bridgehead atoms. The largest absolute Gasteiger partial charge is 0.482 e. The second-order valence-corrected chi connectivity index (χ2v) is 5.72. The number of amides is 1. The van der Waals surface area contributed by atoms with E-state index in [-0.39, 0.29) is 12.5 Å². The highest BCUT2D eigenvalue weighted by Gasteiger charge is 2.24. The predicted molar refractivity (Wildman–Crippen MR) is 87.1 cm³/mol. The van der Waals surface area contributed by atoms with Gasteiger partial charge in [0.05, 0.1) is 10.2 Å². The summed E-state index contributed by atoms with van der Waals surface area (Å²) in [5, 5.41) is 3.14. The summed E-state index contributed by atoms with van der Waals surface area (Å²) in [6.07, 6.45) is 4.17. The molecule has 0 saturated heterocycles. The number of nitrogens with one attached hydrogen (secondary N) is 1. The molecule has 1 aromatic heterocycles. The lowest BCUT2D eigenvalue weighted by atomic mass is 10.2. The topological polar surface area (TPSA) is 67.3 Å². The minimum absolute atomic E-state index is 0.0152. The van der Waals surface area contributed by atoms with E-state index < -0.39 is 0 Å². The van der Waals surface area contributed by atoms with Crippen LogP contribution in [0.4, 0.5) is 11.6 Å². The van der Waals surface area contributed by atoms with E-state index in [4.69, 9.17) is 4.74 Å². The van der Waals surface area contributed by atoms with Gasteiger partial charge in [-0.3, -0.25) is 4.79 Å². The maximum atomic E-state index is 12.0. The zero-order valence-corrected chi connectivity index (χ0v) is 13.4. The van der Waals surface area contributed by atoms with Crippen LogP contribution < -0.4 is 15.0 Å². The maximum Gasteiger partial charge on any atom is 0.265 e. The maximum absolute atomic E-state index is 12.0. The van der Waals surface area contributed by atoms with Crippen molar-refractivity contribution in [2.24, 2.45) is 0 Å². The molecule has 1 aromatic carbocycles. The zero-order valence-electron chi connectivity index (χ0n) is 11.8. The number of fused-ring (bicyclic) bond motifs is 1. The van der Waals surface area contributed by atoms with E-state index in [0.717, 1.165) is 22.3 Å². The number of carbonyl (C=O) groups is 1. The van der Waals surface area contributed by atoms with Crippen LogP contribution in [0.1, 0.15) is 6.42 Å². The molecular weight excluding hydrogens is 348 g/mol. The highest BCUT2D eigenvalue weighted by molar-refractivity contribution is 9.10. The summed E-state index contributed by atoms with van der Waals surface area (Å²) in [4.78, 5) is 22.1. The summed E-state index contributed by atoms with van der Waals surface area (Å²) >= 11 is 3.29. The van der Waals surface area contributed by atoms with Crippen LogP contribution in [0, 0.1) is 0 Å². The Morgan fingerprint density at radius 3 is 2.86 bits per heavy atom. The predicted octanol–water partition coefficient (Wildman–Crippen LogP) is 2.47. The summed E-state index contributed by atoms with van der Waals surface area (Å²) in [5.74, 6) is 1.32. The molecule has 3 rings (SSSR count). The molecule has 6 nitrogen and oxygen atoms in total. The molecule has 114 valence electrons. The lowest BCUT2D eigenvalue weighted by molar-refractivity contribution is -0.121. The molecule has 1 aliphatic heterocycles. The summed E-state index contributed by atoms with van der Waals surface area (Å²) in [5.41, 5.74) is 0.832. The molecule has 1 amide bonds.